The first-order valence-corrected chi connectivity index (χ1v) is 9.66. The fourth-order valence-electron chi connectivity index (χ4n) is 2.46. The van der Waals surface area contributed by atoms with Crippen molar-refractivity contribution in [1.82, 2.24) is 9.88 Å². The molecule has 3 aromatic rings. The van der Waals surface area contributed by atoms with Crippen molar-refractivity contribution in [2.75, 3.05) is 7.11 Å². The molecule has 2 aromatic carbocycles. The summed E-state index contributed by atoms with van der Waals surface area (Å²) in [6.45, 7) is 0. The van der Waals surface area contributed by atoms with Crippen molar-refractivity contribution in [3.63, 3.8) is 0 Å². The van der Waals surface area contributed by atoms with E-state index in [4.69, 9.17) is 20.9 Å². The highest BCUT2D eigenvalue weighted by Gasteiger charge is 2.25. The minimum Gasteiger partial charge on any atom is -0.467 e. The van der Waals surface area contributed by atoms with Gasteiger partial charge in [0.25, 0.3) is 0 Å². The van der Waals surface area contributed by atoms with Gasteiger partial charge in [-0.25, -0.2) is 13.1 Å². The van der Waals surface area contributed by atoms with E-state index in [0.29, 0.717) is 17.1 Å². The normalized spacial score (nSPS) is 12.7. The van der Waals surface area contributed by atoms with Gasteiger partial charge in [0.2, 0.25) is 10.0 Å². The molecule has 26 heavy (non-hydrogen) atoms. The fraction of sp³-hybridized carbons (Fsp3) is 0.167. The van der Waals surface area contributed by atoms with Gasteiger partial charge < -0.3 is 9.26 Å². The van der Waals surface area contributed by atoms with Crippen LogP contribution in [0.15, 0.2) is 70.1 Å². The standard InChI is InChI=1S/C18H17ClN2O4S/c1-24-18-12-16(20-25-18)17(11-13-5-3-2-4-6-13)21-26(22,23)15-9-7-14(19)8-10-15/h2-10,12,17,21H,11H2,1H3. The number of benzene rings is 2. The Bertz CT molecular complexity index is 956. The molecule has 0 amide bonds. The van der Waals surface area contributed by atoms with Crippen LogP contribution >= 0.6 is 11.6 Å². The van der Waals surface area contributed by atoms with Gasteiger partial charge in [-0.15, -0.1) is 0 Å². The highest BCUT2D eigenvalue weighted by molar-refractivity contribution is 7.89. The molecule has 6 nitrogen and oxygen atoms in total. The first-order valence-electron chi connectivity index (χ1n) is 7.80. The predicted octanol–water partition coefficient (Wildman–Crippen LogP) is 3.60. The topological polar surface area (TPSA) is 81.4 Å². The van der Waals surface area contributed by atoms with Crippen LogP contribution in [0, 0.1) is 0 Å². The highest BCUT2D eigenvalue weighted by atomic mass is 35.5. The molecule has 0 aliphatic rings. The molecular formula is C18H17ClN2O4S. The van der Waals surface area contributed by atoms with E-state index in [2.05, 4.69) is 9.88 Å². The lowest BCUT2D eigenvalue weighted by Crippen LogP contribution is -2.30. The number of methoxy groups -OCH3 is 1. The van der Waals surface area contributed by atoms with Crippen molar-refractivity contribution in [1.29, 1.82) is 0 Å². The first-order chi connectivity index (χ1) is 12.5. The van der Waals surface area contributed by atoms with E-state index in [9.17, 15) is 8.42 Å². The minimum atomic E-state index is -3.77. The molecule has 1 heterocycles. The Morgan fingerprint density at radius 1 is 1.15 bits per heavy atom. The summed E-state index contributed by atoms with van der Waals surface area (Å²) >= 11 is 5.84. The van der Waals surface area contributed by atoms with Gasteiger partial charge in [-0.3, -0.25) is 0 Å². The maximum atomic E-state index is 12.7. The van der Waals surface area contributed by atoms with E-state index in [1.165, 1.54) is 31.4 Å². The van der Waals surface area contributed by atoms with Crippen LogP contribution in [0.5, 0.6) is 5.95 Å². The van der Waals surface area contributed by atoms with Crippen molar-refractivity contribution in [2.45, 2.75) is 17.4 Å². The Morgan fingerprint density at radius 2 is 1.85 bits per heavy atom. The molecule has 1 aromatic heterocycles. The summed E-state index contributed by atoms with van der Waals surface area (Å²) in [5.74, 6) is 0.212. The number of ether oxygens (including phenoxy) is 1. The minimum absolute atomic E-state index is 0.121. The second-order valence-electron chi connectivity index (χ2n) is 5.59. The third kappa shape index (κ3) is 4.43. The lowest BCUT2D eigenvalue weighted by atomic mass is 10.0. The lowest BCUT2D eigenvalue weighted by Gasteiger charge is -2.16. The van der Waals surface area contributed by atoms with Gasteiger partial charge in [-0.1, -0.05) is 47.1 Å². The van der Waals surface area contributed by atoms with Crippen molar-refractivity contribution in [3.05, 3.63) is 76.9 Å². The average molecular weight is 393 g/mol. The molecule has 0 bridgehead atoms. The van der Waals surface area contributed by atoms with Crippen molar-refractivity contribution in [3.8, 4) is 5.95 Å². The highest BCUT2D eigenvalue weighted by Crippen LogP contribution is 2.24. The third-order valence-electron chi connectivity index (χ3n) is 3.77. The summed E-state index contributed by atoms with van der Waals surface area (Å²) in [4.78, 5) is 0.121. The lowest BCUT2D eigenvalue weighted by molar-refractivity contribution is 0.258. The zero-order chi connectivity index (χ0) is 18.6. The molecule has 1 N–H and O–H groups in total. The van der Waals surface area contributed by atoms with Crippen molar-refractivity contribution < 1.29 is 17.7 Å². The number of rotatable bonds is 7. The van der Waals surface area contributed by atoms with Crippen LogP contribution in [0.25, 0.3) is 0 Å². The Balaban J connectivity index is 1.90. The molecule has 136 valence electrons. The zero-order valence-electron chi connectivity index (χ0n) is 13.9. The Morgan fingerprint density at radius 3 is 2.46 bits per heavy atom. The maximum Gasteiger partial charge on any atom is 0.311 e. The van der Waals surface area contributed by atoms with Crippen molar-refractivity contribution >= 4 is 21.6 Å². The van der Waals surface area contributed by atoms with E-state index in [1.807, 2.05) is 30.3 Å². The molecule has 0 spiro atoms. The number of hydrogen-bond acceptors (Lipinski definition) is 5. The van der Waals surface area contributed by atoms with Crippen LogP contribution in [0.3, 0.4) is 0 Å². The van der Waals surface area contributed by atoms with Gasteiger partial charge in [-0.05, 0) is 36.2 Å². The Labute approximate surface area is 156 Å². The second kappa shape index (κ2) is 7.90. The van der Waals surface area contributed by atoms with Gasteiger partial charge >= 0.3 is 5.95 Å². The second-order valence-corrected chi connectivity index (χ2v) is 7.74. The van der Waals surface area contributed by atoms with Crippen LogP contribution in [-0.2, 0) is 16.4 Å². The van der Waals surface area contributed by atoms with Gasteiger partial charge in [0.1, 0.15) is 5.69 Å². The SMILES string of the molecule is COc1cc(C(Cc2ccccc2)NS(=O)(=O)c2ccc(Cl)cc2)no1. The number of nitrogens with zero attached hydrogens (tertiary/aromatic N) is 1. The van der Waals surface area contributed by atoms with Gasteiger partial charge in [-0.2, -0.15) is 0 Å². The van der Waals surface area contributed by atoms with E-state index in [-0.39, 0.29) is 10.8 Å². The number of sulfonamides is 1. The molecule has 8 heteroatoms. The Kier molecular flexibility index (Phi) is 5.61. The zero-order valence-corrected chi connectivity index (χ0v) is 15.5. The van der Waals surface area contributed by atoms with Crippen LogP contribution in [0.1, 0.15) is 17.3 Å². The van der Waals surface area contributed by atoms with E-state index in [1.54, 1.807) is 6.07 Å². The average Bonchev–Trinajstić information content (AvgIpc) is 3.11. The summed E-state index contributed by atoms with van der Waals surface area (Å²) in [5.41, 5.74) is 1.39. The summed E-state index contributed by atoms with van der Waals surface area (Å²) in [7, 11) is -2.32. The van der Waals surface area contributed by atoms with Gasteiger partial charge in [0, 0.05) is 11.1 Å². The molecule has 0 saturated carbocycles. The number of aromatic nitrogens is 1. The smallest absolute Gasteiger partial charge is 0.311 e. The summed E-state index contributed by atoms with van der Waals surface area (Å²) in [6, 6.07) is 16.4. The molecule has 0 aliphatic carbocycles. The Hall–Kier alpha value is -2.35. The van der Waals surface area contributed by atoms with Gasteiger partial charge in [0.15, 0.2) is 0 Å². The molecule has 0 fully saturated rings. The molecule has 1 atom stereocenters. The quantitative estimate of drug-likeness (QED) is 0.664. The summed E-state index contributed by atoms with van der Waals surface area (Å²) in [6.07, 6.45) is 0.406. The van der Waals surface area contributed by atoms with Crippen LogP contribution in [0.4, 0.5) is 0 Å². The molecule has 0 aliphatic heterocycles. The molecule has 3 rings (SSSR count). The number of halogens is 1. The largest absolute Gasteiger partial charge is 0.467 e. The summed E-state index contributed by atoms with van der Waals surface area (Å²) < 4.78 is 38.2. The number of nitrogens with one attached hydrogen (secondary N) is 1. The molecule has 0 radical (unpaired) electrons. The van der Waals surface area contributed by atoms with E-state index < -0.39 is 16.1 Å². The van der Waals surface area contributed by atoms with Crippen molar-refractivity contribution in [2.24, 2.45) is 0 Å². The van der Waals surface area contributed by atoms with Crippen LogP contribution in [-0.4, -0.2) is 20.7 Å². The van der Waals surface area contributed by atoms with Crippen LogP contribution in [0.2, 0.25) is 5.02 Å². The van der Waals surface area contributed by atoms with E-state index in [0.717, 1.165) is 5.56 Å². The van der Waals surface area contributed by atoms with E-state index >= 15 is 0 Å². The maximum absolute atomic E-state index is 12.7. The first kappa shape index (κ1) is 18.4. The number of hydrogen-bond donors (Lipinski definition) is 1. The monoisotopic (exact) mass is 392 g/mol. The molecule has 1 unspecified atom stereocenters. The van der Waals surface area contributed by atoms with Gasteiger partial charge in [0.05, 0.1) is 18.0 Å². The van der Waals surface area contributed by atoms with Crippen LogP contribution < -0.4 is 9.46 Å². The third-order valence-corrected chi connectivity index (χ3v) is 5.51. The predicted molar refractivity (Wildman–Crippen MR) is 97.7 cm³/mol. The molecule has 0 saturated heterocycles. The fourth-order valence-corrected chi connectivity index (χ4v) is 3.79. The summed E-state index contributed by atoms with van der Waals surface area (Å²) in [5, 5.41) is 4.39. The molecular weight excluding hydrogens is 376 g/mol.